The smallest absolute Gasteiger partial charge is 0.0668 e. The van der Waals surface area contributed by atoms with Gasteiger partial charge in [0.2, 0.25) is 0 Å². The van der Waals surface area contributed by atoms with Gasteiger partial charge in [-0.1, -0.05) is 18.9 Å². The van der Waals surface area contributed by atoms with Crippen LogP contribution in [0.2, 0.25) is 0 Å². The molecule has 2 rings (SSSR count). The van der Waals surface area contributed by atoms with Gasteiger partial charge in [-0.3, -0.25) is 0 Å². The molecule has 0 radical (unpaired) electrons. The number of fused-ring (bicyclic) bond motifs is 2. The molecule has 0 aromatic carbocycles. The molecule has 92 valence electrons. The fourth-order valence-electron chi connectivity index (χ4n) is 3.13. The second-order valence-electron chi connectivity index (χ2n) is 5.48. The molecule has 2 atom stereocenters. The first-order valence-corrected chi connectivity index (χ1v) is 7.65. The molecule has 2 fully saturated rings. The average molecular weight is 240 g/mol. The zero-order valence-corrected chi connectivity index (χ0v) is 11.0. The lowest BCUT2D eigenvalue weighted by Gasteiger charge is -2.36. The molecule has 1 nitrogen and oxygen atoms in total. The van der Waals surface area contributed by atoms with Crippen LogP contribution in [-0.4, -0.2) is 21.2 Å². The van der Waals surface area contributed by atoms with Crippen LogP contribution in [0.1, 0.15) is 57.8 Å². The largest absolute Gasteiger partial charge is 0.390 e. The van der Waals surface area contributed by atoms with E-state index >= 15 is 0 Å². The summed E-state index contributed by atoms with van der Waals surface area (Å²) in [6, 6.07) is 0. The van der Waals surface area contributed by atoms with Gasteiger partial charge in [0.25, 0.3) is 0 Å². The van der Waals surface area contributed by atoms with Crippen LogP contribution in [0.25, 0.3) is 0 Å². The molecule has 2 saturated heterocycles. The van der Waals surface area contributed by atoms with E-state index in [0.717, 1.165) is 36.2 Å². The van der Waals surface area contributed by atoms with Crippen molar-refractivity contribution in [2.24, 2.45) is 0 Å². The minimum absolute atomic E-state index is 0.314. The minimum Gasteiger partial charge on any atom is -0.390 e. The van der Waals surface area contributed by atoms with Gasteiger partial charge in [-0.15, -0.1) is 6.58 Å². The third-order valence-electron chi connectivity index (χ3n) is 3.96. The highest BCUT2D eigenvalue weighted by molar-refractivity contribution is 8.00. The summed E-state index contributed by atoms with van der Waals surface area (Å²) in [5.74, 6) is 0. The lowest BCUT2D eigenvalue weighted by Crippen LogP contribution is -2.37. The number of unbranched alkanes of at least 4 members (excludes halogenated alkanes) is 3. The van der Waals surface area contributed by atoms with E-state index in [4.69, 9.17) is 0 Å². The lowest BCUT2D eigenvalue weighted by atomic mass is 9.88. The first-order chi connectivity index (χ1) is 7.72. The Morgan fingerprint density at radius 2 is 1.88 bits per heavy atom. The molecule has 2 heterocycles. The van der Waals surface area contributed by atoms with Crippen molar-refractivity contribution in [2.45, 2.75) is 73.9 Å². The van der Waals surface area contributed by atoms with Gasteiger partial charge in [-0.05, 0) is 44.9 Å². The number of aliphatic hydroxyl groups is 1. The van der Waals surface area contributed by atoms with Crippen LogP contribution in [0.4, 0.5) is 0 Å². The van der Waals surface area contributed by atoms with E-state index in [-0.39, 0.29) is 5.60 Å². The highest BCUT2D eigenvalue weighted by Crippen LogP contribution is 2.48. The van der Waals surface area contributed by atoms with Crippen LogP contribution in [0.3, 0.4) is 0 Å². The molecule has 1 N–H and O–H groups in total. The second-order valence-corrected chi connectivity index (χ2v) is 7.08. The van der Waals surface area contributed by atoms with E-state index in [9.17, 15) is 5.11 Å². The Morgan fingerprint density at radius 1 is 1.19 bits per heavy atom. The van der Waals surface area contributed by atoms with E-state index < -0.39 is 0 Å². The van der Waals surface area contributed by atoms with E-state index in [1.165, 1.54) is 32.1 Å². The van der Waals surface area contributed by atoms with Crippen molar-refractivity contribution >= 4 is 11.8 Å². The number of hydrogen-bond acceptors (Lipinski definition) is 2. The van der Waals surface area contributed by atoms with Gasteiger partial charge in [-0.25, -0.2) is 0 Å². The van der Waals surface area contributed by atoms with E-state index in [1.807, 2.05) is 6.08 Å². The van der Waals surface area contributed by atoms with E-state index in [2.05, 4.69) is 18.3 Å². The molecule has 0 amide bonds. The van der Waals surface area contributed by atoms with Crippen LogP contribution in [0.5, 0.6) is 0 Å². The molecular weight excluding hydrogens is 216 g/mol. The van der Waals surface area contributed by atoms with Crippen molar-refractivity contribution in [2.75, 3.05) is 0 Å². The van der Waals surface area contributed by atoms with Crippen LogP contribution in [0.15, 0.2) is 12.7 Å². The molecule has 0 spiro atoms. The first-order valence-electron chi connectivity index (χ1n) is 6.71. The number of rotatable bonds is 6. The van der Waals surface area contributed by atoms with Crippen LogP contribution < -0.4 is 0 Å². The van der Waals surface area contributed by atoms with Crippen molar-refractivity contribution in [3.63, 3.8) is 0 Å². The standard InChI is InChI=1S/C14H24OS/c1-2-3-4-5-6-9-14(15)10-12-7-8-13(11-14)16-12/h2,12-13,15H,1,3-11H2. The van der Waals surface area contributed by atoms with Crippen molar-refractivity contribution in [1.29, 1.82) is 0 Å². The fourth-order valence-corrected chi connectivity index (χ4v) is 5.04. The summed E-state index contributed by atoms with van der Waals surface area (Å²) in [6.07, 6.45) is 12.6. The topological polar surface area (TPSA) is 20.2 Å². The second kappa shape index (κ2) is 5.59. The van der Waals surface area contributed by atoms with Gasteiger partial charge < -0.3 is 5.11 Å². The Kier molecular flexibility index (Phi) is 4.37. The van der Waals surface area contributed by atoms with Crippen molar-refractivity contribution in [3.05, 3.63) is 12.7 Å². The predicted octanol–water partition coefficient (Wildman–Crippen LogP) is 3.91. The summed E-state index contributed by atoms with van der Waals surface area (Å²) < 4.78 is 0. The van der Waals surface area contributed by atoms with Crippen molar-refractivity contribution < 1.29 is 5.11 Å². The van der Waals surface area contributed by atoms with Gasteiger partial charge in [0.15, 0.2) is 0 Å². The third kappa shape index (κ3) is 3.27. The Balaban J connectivity index is 1.69. The van der Waals surface area contributed by atoms with Crippen LogP contribution in [-0.2, 0) is 0 Å². The zero-order valence-electron chi connectivity index (χ0n) is 10.2. The Morgan fingerprint density at radius 3 is 2.50 bits per heavy atom. The summed E-state index contributed by atoms with van der Waals surface area (Å²) in [7, 11) is 0. The quantitative estimate of drug-likeness (QED) is 0.561. The molecule has 0 saturated carbocycles. The van der Waals surface area contributed by atoms with Crippen LogP contribution >= 0.6 is 11.8 Å². The van der Waals surface area contributed by atoms with E-state index in [1.54, 1.807) is 0 Å². The molecule has 2 heteroatoms. The SMILES string of the molecule is C=CCCCCCC1(O)CC2CCC(C1)S2. The number of thioether (sulfide) groups is 1. The molecule has 2 unspecified atom stereocenters. The summed E-state index contributed by atoms with van der Waals surface area (Å²) in [4.78, 5) is 0. The monoisotopic (exact) mass is 240 g/mol. The summed E-state index contributed by atoms with van der Waals surface area (Å²) in [5.41, 5.74) is -0.314. The minimum atomic E-state index is -0.314. The maximum Gasteiger partial charge on any atom is 0.0668 e. The van der Waals surface area contributed by atoms with Gasteiger partial charge in [0, 0.05) is 10.5 Å². The predicted molar refractivity (Wildman–Crippen MR) is 71.9 cm³/mol. The Labute approximate surface area is 104 Å². The Hall–Kier alpha value is 0.0500. The maximum atomic E-state index is 10.6. The normalized spacial score (nSPS) is 37.6. The van der Waals surface area contributed by atoms with Gasteiger partial charge in [0.1, 0.15) is 0 Å². The molecule has 0 aromatic heterocycles. The third-order valence-corrected chi connectivity index (χ3v) is 5.54. The number of hydrogen-bond donors (Lipinski definition) is 1. The summed E-state index contributed by atoms with van der Waals surface area (Å²) in [6.45, 7) is 3.74. The fraction of sp³-hybridized carbons (Fsp3) is 0.857. The van der Waals surface area contributed by atoms with Gasteiger partial charge >= 0.3 is 0 Å². The molecule has 0 aliphatic carbocycles. The van der Waals surface area contributed by atoms with Gasteiger partial charge in [-0.2, -0.15) is 11.8 Å². The van der Waals surface area contributed by atoms with E-state index in [0.29, 0.717) is 0 Å². The maximum absolute atomic E-state index is 10.6. The van der Waals surface area contributed by atoms with Crippen LogP contribution in [0, 0.1) is 0 Å². The molecule has 0 aromatic rings. The molecule has 2 aliphatic rings. The number of allylic oxidation sites excluding steroid dienone is 1. The molecule has 16 heavy (non-hydrogen) atoms. The van der Waals surface area contributed by atoms with Crippen molar-refractivity contribution in [3.8, 4) is 0 Å². The first kappa shape index (κ1) is 12.5. The van der Waals surface area contributed by atoms with Gasteiger partial charge in [0.05, 0.1) is 5.60 Å². The van der Waals surface area contributed by atoms with Crippen molar-refractivity contribution in [1.82, 2.24) is 0 Å². The lowest BCUT2D eigenvalue weighted by molar-refractivity contribution is 0.0130. The zero-order chi connectivity index (χ0) is 11.4. The highest BCUT2D eigenvalue weighted by atomic mass is 32.2. The molecule has 2 aliphatic heterocycles. The Bertz CT molecular complexity index is 227. The molecule has 2 bridgehead atoms. The average Bonchev–Trinajstić information content (AvgIpc) is 2.58. The highest BCUT2D eigenvalue weighted by Gasteiger charge is 2.42. The summed E-state index contributed by atoms with van der Waals surface area (Å²) >= 11 is 2.13. The summed E-state index contributed by atoms with van der Waals surface area (Å²) in [5, 5.41) is 12.1. The molecular formula is C14H24OS.